The number of hydrogen-bond acceptors (Lipinski definition) is 3. The van der Waals surface area contributed by atoms with Gasteiger partial charge in [-0.25, -0.2) is 9.18 Å². The Bertz CT molecular complexity index is 765. The molecule has 1 N–H and O–H groups in total. The van der Waals surface area contributed by atoms with E-state index in [1.165, 1.54) is 6.07 Å². The first-order valence-electron chi connectivity index (χ1n) is 6.55. The zero-order valence-corrected chi connectivity index (χ0v) is 13.5. The van der Waals surface area contributed by atoms with Crippen LogP contribution in [0.3, 0.4) is 0 Å². The van der Waals surface area contributed by atoms with Crippen LogP contribution in [0.25, 0.3) is 0 Å². The Kier molecular flexibility index (Phi) is 5.58. The molecule has 120 valence electrons. The molecule has 0 saturated carbocycles. The topological polar surface area (TPSA) is 55.4 Å². The first-order valence-corrected chi connectivity index (χ1v) is 7.30. The molecule has 7 heteroatoms. The SMILES string of the molecule is Cc1ccc(NC(=O)COC(=O)c2ccc(F)c(Cl)c2)c(Cl)c1. The number of halogens is 3. The molecule has 0 atom stereocenters. The Morgan fingerprint density at radius 1 is 1.13 bits per heavy atom. The van der Waals surface area contributed by atoms with Gasteiger partial charge in [0.15, 0.2) is 6.61 Å². The van der Waals surface area contributed by atoms with Gasteiger partial charge in [0.05, 0.1) is 21.3 Å². The maximum atomic E-state index is 13.0. The average molecular weight is 356 g/mol. The minimum absolute atomic E-state index is 0.0533. The summed E-state index contributed by atoms with van der Waals surface area (Å²) < 4.78 is 17.9. The third kappa shape index (κ3) is 4.68. The zero-order chi connectivity index (χ0) is 17.0. The highest BCUT2D eigenvalue weighted by molar-refractivity contribution is 6.33. The monoisotopic (exact) mass is 355 g/mol. The van der Waals surface area contributed by atoms with E-state index in [-0.39, 0.29) is 10.6 Å². The first kappa shape index (κ1) is 17.2. The number of nitrogens with one attached hydrogen (secondary N) is 1. The molecule has 0 fully saturated rings. The Hall–Kier alpha value is -2.11. The Labute approximate surface area is 142 Å². The van der Waals surface area contributed by atoms with Crippen molar-refractivity contribution in [3.05, 3.63) is 63.4 Å². The molecule has 0 saturated heterocycles. The largest absolute Gasteiger partial charge is 0.452 e. The Morgan fingerprint density at radius 2 is 1.87 bits per heavy atom. The molecule has 0 aromatic heterocycles. The third-order valence-electron chi connectivity index (χ3n) is 2.89. The third-order valence-corrected chi connectivity index (χ3v) is 3.49. The minimum Gasteiger partial charge on any atom is -0.452 e. The standard InChI is InChI=1S/C16H12Cl2FNO3/c1-9-2-5-14(12(18)6-9)20-15(21)8-23-16(22)10-3-4-13(19)11(17)7-10/h2-7H,8H2,1H3,(H,20,21). The number of benzene rings is 2. The summed E-state index contributed by atoms with van der Waals surface area (Å²) in [7, 11) is 0. The summed E-state index contributed by atoms with van der Waals surface area (Å²) in [6.07, 6.45) is 0. The van der Waals surface area contributed by atoms with E-state index in [4.69, 9.17) is 27.9 Å². The molecular weight excluding hydrogens is 344 g/mol. The van der Waals surface area contributed by atoms with Gasteiger partial charge in [0.2, 0.25) is 0 Å². The molecular formula is C16H12Cl2FNO3. The number of hydrogen-bond donors (Lipinski definition) is 1. The maximum absolute atomic E-state index is 13.0. The van der Waals surface area contributed by atoms with Crippen LogP contribution in [0.1, 0.15) is 15.9 Å². The van der Waals surface area contributed by atoms with E-state index < -0.39 is 24.3 Å². The predicted octanol–water partition coefficient (Wildman–Crippen LogP) is 4.24. The number of anilines is 1. The molecule has 0 spiro atoms. The fraction of sp³-hybridized carbons (Fsp3) is 0.125. The van der Waals surface area contributed by atoms with Crippen LogP contribution in [-0.2, 0) is 9.53 Å². The van der Waals surface area contributed by atoms with Crippen molar-refractivity contribution >= 4 is 40.8 Å². The number of amides is 1. The van der Waals surface area contributed by atoms with E-state index in [0.29, 0.717) is 10.7 Å². The van der Waals surface area contributed by atoms with Crippen molar-refractivity contribution in [3.8, 4) is 0 Å². The summed E-state index contributed by atoms with van der Waals surface area (Å²) in [5.74, 6) is -1.97. The van der Waals surface area contributed by atoms with Gasteiger partial charge < -0.3 is 10.1 Å². The lowest BCUT2D eigenvalue weighted by atomic mass is 10.2. The number of aryl methyl sites for hydroxylation is 1. The van der Waals surface area contributed by atoms with Crippen LogP contribution in [-0.4, -0.2) is 18.5 Å². The second kappa shape index (κ2) is 7.44. The van der Waals surface area contributed by atoms with Crippen LogP contribution < -0.4 is 5.32 Å². The lowest BCUT2D eigenvalue weighted by Crippen LogP contribution is -2.21. The van der Waals surface area contributed by atoms with E-state index in [1.54, 1.807) is 18.2 Å². The highest BCUT2D eigenvalue weighted by atomic mass is 35.5. The van der Waals surface area contributed by atoms with Crippen LogP contribution in [0, 0.1) is 12.7 Å². The molecule has 0 aliphatic carbocycles. The van der Waals surface area contributed by atoms with Gasteiger partial charge in [-0.05, 0) is 42.8 Å². The van der Waals surface area contributed by atoms with Crippen molar-refractivity contribution in [1.82, 2.24) is 0 Å². The van der Waals surface area contributed by atoms with Gasteiger partial charge in [0, 0.05) is 0 Å². The van der Waals surface area contributed by atoms with E-state index in [2.05, 4.69) is 5.32 Å². The molecule has 0 radical (unpaired) electrons. The van der Waals surface area contributed by atoms with Gasteiger partial charge in [-0.2, -0.15) is 0 Å². The summed E-state index contributed by atoms with van der Waals surface area (Å²) in [5, 5.41) is 2.72. The molecule has 2 rings (SSSR count). The second-order valence-electron chi connectivity index (χ2n) is 4.74. The van der Waals surface area contributed by atoms with Crippen molar-refractivity contribution < 1.29 is 18.7 Å². The molecule has 2 aromatic rings. The lowest BCUT2D eigenvalue weighted by molar-refractivity contribution is -0.119. The fourth-order valence-electron chi connectivity index (χ4n) is 1.75. The second-order valence-corrected chi connectivity index (χ2v) is 5.55. The average Bonchev–Trinajstić information content (AvgIpc) is 2.50. The van der Waals surface area contributed by atoms with Crippen LogP contribution >= 0.6 is 23.2 Å². The zero-order valence-electron chi connectivity index (χ0n) is 12.0. The fourth-order valence-corrected chi connectivity index (χ4v) is 2.21. The molecule has 0 heterocycles. The first-order chi connectivity index (χ1) is 10.9. The smallest absolute Gasteiger partial charge is 0.338 e. The molecule has 0 aliphatic rings. The maximum Gasteiger partial charge on any atom is 0.338 e. The van der Waals surface area contributed by atoms with Crippen LogP contribution in [0.5, 0.6) is 0 Å². The van der Waals surface area contributed by atoms with Crippen molar-refractivity contribution in [3.63, 3.8) is 0 Å². The predicted molar refractivity (Wildman–Crippen MR) is 86.5 cm³/mol. The van der Waals surface area contributed by atoms with Gasteiger partial charge in [-0.1, -0.05) is 29.3 Å². The molecule has 23 heavy (non-hydrogen) atoms. The van der Waals surface area contributed by atoms with Gasteiger partial charge in [-0.15, -0.1) is 0 Å². The Morgan fingerprint density at radius 3 is 2.52 bits per heavy atom. The molecule has 1 amide bonds. The van der Waals surface area contributed by atoms with E-state index in [1.807, 2.05) is 6.92 Å². The van der Waals surface area contributed by atoms with Crippen molar-refractivity contribution in [2.45, 2.75) is 6.92 Å². The minimum atomic E-state index is -0.781. The summed E-state index contributed by atoms with van der Waals surface area (Å²) in [6.45, 7) is 1.37. The Balaban J connectivity index is 1.93. The van der Waals surface area contributed by atoms with E-state index >= 15 is 0 Å². The number of esters is 1. The summed E-state index contributed by atoms with van der Waals surface area (Å²) in [4.78, 5) is 23.5. The number of carbonyl (C=O) groups excluding carboxylic acids is 2. The number of ether oxygens (including phenoxy) is 1. The molecule has 0 bridgehead atoms. The highest BCUT2D eigenvalue weighted by Gasteiger charge is 2.13. The highest BCUT2D eigenvalue weighted by Crippen LogP contribution is 2.22. The molecule has 2 aromatic carbocycles. The quantitative estimate of drug-likeness (QED) is 0.834. The van der Waals surface area contributed by atoms with Crippen LogP contribution in [0.2, 0.25) is 10.0 Å². The molecule has 0 unspecified atom stereocenters. The summed E-state index contributed by atoms with van der Waals surface area (Å²) >= 11 is 11.6. The van der Waals surface area contributed by atoms with Crippen molar-refractivity contribution in [2.24, 2.45) is 0 Å². The van der Waals surface area contributed by atoms with Crippen molar-refractivity contribution in [2.75, 3.05) is 11.9 Å². The van der Waals surface area contributed by atoms with Crippen LogP contribution in [0.15, 0.2) is 36.4 Å². The number of carbonyl (C=O) groups is 2. The van der Waals surface area contributed by atoms with Gasteiger partial charge in [-0.3, -0.25) is 4.79 Å². The lowest BCUT2D eigenvalue weighted by Gasteiger charge is -2.09. The van der Waals surface area contributed by atoms with Gasteiger partial charge >= 0.3 is 5.97 Å². The van der Waals surface area contributed by atoms with Crippen LogP contribution in [0.4, 0.5) is 10.1 Å². The molecule has 4 nitrogen and oxygen atoms in total. The van der Waals surface area contributed by atoms with E-state index in [9.17, 15) is 14.0 Å². The van der Waals surface area contributed by atoms with Gasteiger partial charge in [0.1, 0.15) is 5.82 Å². The van der Waals surface area contributed by atoms with Crippen molar-refractivity contribution in [1.29, 1.82) is 0 Å². The summed E-state index contributed by atoms with van der Waals surface area (Å²) in [6, 6.07) is 8.53. The van der Waals surface area contributed by atoms with Gasteiger partial charge in [0.25, 0.3) is 5.91 Å². The molecule has 0 aliphatic heterocycles. The number of rotatable bonds is 4. The summed E-state index contributed by atoms with van der Waals surface area (Å²) in [5.41, 5.74) is 1.42. The van der Waals surface area contributed by atoms with E-state index in [0.717, 1.165) is 17.7 Å². The normalized spacial score (nSPS) is 10.3.